The Morgan fingerprint density at radius 2 is 1.91 bits per heavy atom. The van der Waals surface area contributed by atoms with Crippen LogP contribution in [-0.4, -0.2) is 15.5 Å². The van der Waals surface area contributed by atoms with Crippen molar-refractivity contribution >= 4 is 5.91 Å². The van der Waals surface area contributed by atoms with Crippen molar-refractivity contribution in [2.24, 2.45) is 30.2 Å². The van der Waals surface area contributed by atoms with Crippen molar-refractivity contribution in [2.45, 2.75) is 52.0 Å². The van der Waals surface area contributed by atoms with Gasteiger partial charge in [0.2, 0.25) is 5.91 Å². The molecule has 1 heterocycles. The SMILES string of the molecule is C/C(=C/C(=O)NCc1nccn1C)C12CC3CC(CC(C3)C1)C2. The number of aromatic nitrogens is 2. The maximum absolute atomic E-state index is 12.3. The van der Waals surface area contributed by atoms with Crippen molar-refractivity contribution in [1.82, 2.24) is 14.9 Å². The molecule has 4 nitrogen and oxygen atoms in total. The summed E-state index contributed by atoms with van der Waals surface area (Å²) in [5.41, 5.74) is 1.64. The molecule has 0 atom stereocenters. The lowest BCUT2D eigenvalue weighted by Gasteiger charge is -2.57. The summed E-state index contributed by atoms with van der Waals surface area (Å²) in [6, 6.07) is 0. The fraction of sp³-hybridized carbons (Fsp3) is 0.684. The van der Waals surface area contributed by atoms with E-state index in [0.717, 1.165) is 23.6 Å². The van der Waals surface area contributed by atoms with Gasteiger partial charge in [-0.15, -0.1) is 0 Å². The molecule has 1 amide bonds. The third-order valence-electron chi connectivity index (χ3n) is 6.56. The first-order valence-electron chi connectivity index (χ1n) is 8.97. The summed E-state index contributed by atoms with van der Waals surface area (Å²) in [4.78, 5) is 16.6. The van der Waals surface area contributed by atoms with Crippen molar-refractivity contribution in [2.75, 3.05) is 0 Å². The van der Waals surface area contributed by atoms with E-state index >= 15 is 0 Å². The minimum atomic E-state index is 0.0289. The van der Waals surface area contributed by atoms with Crippen LogP contribution >= 0.6 is 0 Å². The molecular formula is C19H27N3O. The molecule has 124 valence electrons. The molecule has 4 aliphatic carbocycles. The van der Waals surface area contributed by atoms with Crippen LogP contribution in [0.15, 0.2) is 24.0 Å². The molecule has 4 saturated carbocycles. The molecule has 5 rings (SSSR count). The molecule has 0 saturated heterocycles. The molecule has 4 fully saturated rings. The zero-order valence-electron chi connectivity index (χ0n) is 14.2. The molecule has 1 aromatic rings. The van der Waals surface area contributed by atoms with E-state index in [2.05, 4.69) is 17.2 Å². The third-order valence-corrected chi connectivity index (χ3v) is 6.56. The molecule has 1 aromatic heterocycles. The zero-order valence-corrected chi connectivity index (χ0v) is 14.2. The van der Waals surface area contributed by atoms with Gasteiger partial charge in [0, 0.05) is 25.5 Å². The number of amides is 1. The van der Waals surface area contributed by atoms with Crippen LogP contribution < -0.4 is 5.32 Å². The minimum Gasteiger partial charge on any atom is -0.345 e. The number of nitrogens with zero attached hydrogens (tertiary/aromatic N) is 2. The van der Waals surface area contributed by atoms with E-state index in [0.29, 0.717) is 12.0 Å². The van der Waals surface area contributed by atoms with E-state index in [1.54, 1.807) is 6.20 Å². The van der Waals surface area contributed by atoms with Crippen LogP contribution in [0.25, 0.3) is 0 Å². The minimum absolute atomic E-state index is 0.0289. The second kappa shape index (κ2) is 5.50. The van der Waals surface area contributed by atoms with Gasteiger partial charge in [0.25, 0.3) is 0 Å². The highest BCUT2D eigenvalue weighted by atomic mass is 16.1. The largest absolute Gasteiger partial charge is 0.345 e. The van der Waals surface area contributed by atoms with Crippen LogP contribution in [0.2, 0.25) is 0 Å². The summed E-state index contributed by atoms with van der Waals surface area (Å²) in [6.45, 7) is 2.68. The van der Waals surface area contributed by atoms with Crippen LogP contribution in [0.4, 0.5) is 0 Å². The summed E-state index contributed by atoms with van der Waals surface area (Å²) in [6.07, 6.45) is 13.8. The van der Waals surface area contributed by atoms with Gasteiger partial charge in [-0.1, -0.05) is 5.57 Å². The van der Waals surface area contributed by atoms with E-state index in [9.17, 15) is 4.79 Å². The van der Waals surface area contributed by atoms with Crippen LogP contribution in [-0.2, 0) is 18.4 Å². The first-order valence-corrected chi connectivity index (χ1v) is 8.97. The van der Waals surface area contributed by atoms with E-state index in [1.165, 1.54) is 44.1 Å². The summed E-state index contributed by atoms with van der Waals surface area (Å²) in [5.74, 6) is 3.67. The highest BCUT2D eigenvalue weighted by Crippen LogP contribution is 2.62. The zero-order chi connectivity index (χ0) is 16.0. The maximum Gasteiger partial charge on any atom is 0.244 e. The number of hydrogen-bond acceptors (Lipinski definition) is 2. The smallest absolute Gasteiger partial charge is 0.244 e. The van der Waals surface area contributed by atoms with Gasteiger partial charge >= 0.3 is 0 Å². The Hall–Kier alpha value is -1.58. The maximum atomic E-state index is 12.3. The molecule has 23 heavy (non-hydrogen) atoms. The molecule has 0 aliphatic heterocycles. The highest BCUT2D eigenvalue weighted by molar-refractivity contribution is 5.88. The predicted molar refractivity (Wildman–Crippen MR) is 89.4 cm³/mol. The van der Waals surface area contributed by atoms with Gasteiger partial charge in [0.15, 0.2) is 0 Å². The molecule has 0 aromatic carbocycles. The van der Waals surface area contributed by atoms with Gasteiger partial charge in [-0.25, -0.2) is 4.98 Å². The average Bonchev–Trinajstić information content (AvgIpc) is 2.89. The van der Waals surface area contributed by atoms with Gasteiger partial charge in [-0.05, 0) is 68.6 Å². The van der Waals surface area contributed by atoms with Crippen molar-refractivity contribution in [1.29, 1.82) is 0 Å². The summed E-state index contributed by atoms with van der Waals surface area (Å²) >= 11 is 0. The standard InChI is InChI=1S/C19H27N3O/c1-13(5-18(23)21-12-17-20-3-4-22(17)2)19-9-14-6-15(10-19)8-16(7-14)11-19/h3-5,14-16H,6-12H2,1-2H3,(H,21,23)/b13-5-. The Morgan fingerprint density at radius 1 is 1.30 bits per heavy atom. The highest BCUT2D eigenvalue weighted by Gasteiger charge is 2.51. The topological polar surface area (TPSA) is 46.9 Å². The lowest BCUT2D eigenvalue weighted by atomic mass is 9.48. The van der Waals surface area contributed by atoms with E-state index in [-0.39, 0.29) is 5.91 Å². The normalized spacial score (nSPS) is 35.6. The lowest BCUT2D eigenvalue weighted by molar-refractivity contribution is -0.117. The van der Waals surface area contributed by atoms with E-state index < -0.39 is 0 Å². The third kappa shape index (κ3) is 2.73. The molecular weight excluding hydrogens is 286 g/mol. The number of rotatable bonds is 4. The first kappa shape index (κ1) is 15.0. The van der Waals surface area contributed by atoms with Crippen LogP contribution in [0.5, 0.6) is 0 Å². The molecule has 0 spiro atoms. The summed E-state index contributed by atoms with van der Waals surface area (Å²) in [5, 5.41) is 2.99. The van der Waals surface area contributed by atoms with Gasteiger partial charge in [-0.3, -0.25) is 4.79 Å². The van der Waals surface area contributed by atoms with Crippen LogP contribution in [0, 0.1) is 23.2 Å². The van der Waals surface area contributed by atoms with Crippen molar-refractivity contribution in [3.63, 3.8) is 0 Å². The predicted octanol–water partition coefficient (Wildman–Crippen LogP) is 3.20. The summed E-state index contributed by atoms with van der Waals surface area (Å²) < 4.78 is 1.94. The second-order valence-electron chi connectivity index (χ2n) is 8.20. The monoisotopic (exact) mass is 313 g/mol. The fourth-order valence-electron chi connectivity index (χ4n) is 5.73. The Balaban J connectivity index is 1.43. The van der Waals surface area contributed by atoms with Crippen molar-refractivity contribution in [3.05, 3.63) is 29.9 Å². The van der Waals surface area contributed by atoms with Crippen LogP contribution in [0.1, 0.15) is 51.3 Å². The Labute approximate surface area is 138 Å². The fourth-order valence-corrected chi connectivity index (χ4v) is 5.73. The van der Waals surface area contributed by atoms with Crippen molar-refractivity contribution in [3.8, 4) is 0 Å². The molecule has 4 bridgehead atoms. The lowest BCUT2D eigenvalue weighted by Crippen LogP contribution is -2.46. The number of hydrogen-bond donors (Lipinski definition) is 1. The van der Waals surface area contributed by atoms with Crippen molar-refractivity contribution < 1.29 is 4.79 Å². The molecule has 0 radical (unpaired) electrons. The summed E-state index contributed by atoms with van der Waals surface area (Å²) in [7, 11) is 1.95. The van der Waals surface area contributed by atoms with E-state index in [1.807, 2.05) is 23.9 Å². The Bertz CT molecular complexity index is 608. The Morgan fingerprint density at radius 3 is 2.43 bits per heavy atom. The number of carbonyl (C=O) groups excluding carboxylic acids is 1. The van der Waals surface area contributed by atoms with Gasteiger partial charge in [-0.2, -0.15) is 0 Å². The molecule has 4 aliphatic rings. The van der Waals surface area contributed by atoms with Gasteiger partial charge < -0.3 is 9.88 Å². The number of imidazole rings is 1. The quantitative estimate of drug-likeness (QED) is 0.868. The average molecular weight is 313 g/mol. The molecule has 1 N–H and O–H groups in total. The van der Waals surface area contributed by atoms with Gasteiger partial charge in [0.05, 0.1) is 6.54 Å². The van der Waals surface area contributed by atoms with Gasteiger partial charge in [0.1, 0.15) is 5.82 Å². The van der Waals surface area contributed by atoms with E-state index in [4.69, 9.17) is 0 Å². The molecule has 4 heteroatoms. The van der Waals surface area contributed by atoms with Crippen LogP contribution in [0.3, 0.4) is 0 Å². The second-order valence-corrected chi connectivity index (χ2v) is 8.20. The number of nitrogens with one attached hydrogen (secondary N) is 1. The number of carbonyl (C=O) groups is 1. The first-order chi connectivity index (χ1) is 11.0. The molecule has 0 unspecified atom stereocenters. The number of allylic oxidation sites excluding steroid dienone is 1. The Kier molecular flexibility index (Phi) is 3.58. The number of aryl methyl sites for hydroxylation is 1.